The summed E-state index contributed by atoms with van der Waals surface area (Å²) in [4.78, 5) is 15.3. The molecule has 0 atom stereocenters. The molecule has 0 aliphatic carbocycles. The van der Waals surface area contributed by atoms with Crippen LogP contribution in [0, 0.1) is 0 Å². The molecule has 0 radical (unpaired) electrons. The second-order valence-corrected chi connectivity index (χ2v) is 15.0. The van der Waals surface area contributed by atoms with Crippen molar-refractivity contribution >= 4 is 43.8 Å². The zero-order valence-corrected chi connectivity index (χ0v) is 32.2. The van der Waals surface area contributed by atoms with Crippen LogP contribution in [0.15, 0.2) is 205 Å². The lowest BCUT2D eigenvalue weighted by Crippen LogP contribution is -2.06. The molecule has 1 aliphatic heterocycles. The van der Waals surface area contributed by atoms with Gasteiger partial charge in [0.2, 0.25) is 0 Å². The molecule has 0 unspecified atom stereocenters. The smallest absolute Gasteiger partial charge is 0.160 e. The summed E-state index contributed by atoms with van der Waals surface area (Å²) < 4.78 is 6.22. The van der Waals surface area contributed by atoms with Crippen molar-refractivity contribution in [1.29, 1.82) is 0 Å². The van der Waals surface area contributed by atoms with Crippen molar-refractivity contribution in [2.75, 3.05) is 6.61 Å². The minimum absolute atomic E-state index is 0.590. The summed E-state index contributed by atoms with van der Waals surface area (Å²) in [6.45, 7) is 0.590. The topological polar surface area (TPSA) is 47.4 Å². The van der Waals surface area contributed by atoms with Crippen LogP contribution in [-0.2, 0) is 0 Å². The third-order valence-corrected chi connectivity index (χ3v) is 11.5. The highest BCUT2D eigenvalue weighted by Gasteiger charge is 2.18. The average molecular weight is 756 g/mol. The van der Waals surface area contributed by atoms with Gasteiger partial charge in [0.1, 0.15) is 11.4 Å². The molecule has 59 heavy (non-hydrogen) atoms. The number of aliphatic imine (C=N–C) groups is 1. The van der Waals surface area contributed by atoms with Crippen LogP contribution in [0.5, 0.6) is 5.75 Å². The van der Waals surface area contributed by atoms with Gasteiger partial charge in [-0.3, -0.25) is 0 Å². The number of ether oxygens (including phenoxy) is 1. The number of para-hydroxylation sites is 1. The van der Waals surface area contributed by atoms with E-state index in [2.05, 4.69) is 176 Å². The van der Waals surface area contributed by atoms with Gasteiger partial charge < -0.3 is 4.74 Å². The summed E-state index contributed by atoms with van der Waals surface area (Å²) in [5, 5.41) is 5.88. The molecular weight excluding hydrogens is 719 g/mol. The number of aromatic nitrogens is 2. The Morgan fingerprint density at radius 1 is 0.407 bits per heavy atom. The normalized spacial score (nSPS) is 12.5. The van der Waals surface area contributed by atoms with Gasteiger partial charge in [0.05, 0.1) is 23.5 Å². The lowest BCUT2D eigenvalue weighted by Gasteiger charge is -2.16. The Morgan fingerprint density at radius 2 is 1.05 bits per heavy atom. The number of nitrogens with zero attached hydrogens (tertiary/aromatic N) is 3. The molecule has 0 fully saturated rings. The minimum Gasteiger partial charge on any atom is -0.491 e. The first-order valence-electron chi connectivity index (χ1n) is 20.1. The molecule has 11 rings (SSSR count). The molecule has 4 heteroatoms. The van der Waals surface area contributed by atoms with E-state index in [0.29, 0.717) is 6.61 Å². The van der Waals surface area contributed by atoms with Crippen molar-refractivity contribution in [3.63, 3.8) is 0 Å². The third kappa shape index (κ3) is 6.41. The van der Waals surface area contributed by atoms with Gasteiger partial charge in [0.25, 0.3) is 0 Å². The van der Waals surface area contributed by atoms with Crippen molar-refractivity contribution < 1.29 is 4.74 Å². The average Bonchev–Trinajstić information content (AvgIpc) is 3.53. The summed E-state index contributed by atoms with van der Waals surface area (Å²) in [7, 11) is 0. The Morgan fingerprint density at radius 3 is 1.88 bits per heavy atom. The molecule has 0 saturated heterocycles. The van der Waals surface area contributed by atoms with Crippen LogP contribution in [0.4, 0.5) is 5.69 Å². The predicted octanol–water partition coefficient (Wildman–Crippen LogP) is 14.2. The van der Waals surface area contributed by atoms with Crippen LogP contribution >= 0.6 is 0 Å². The Kier molecular flexibility index (Phi) is 8.59. The zero-order chi connectivity index (χ0) is 39.1. The molecule has 278 valence electrons. The highest BCUT2D eigenvalue weighted by molar-refractivity contribution is 6.12. The maximum absolute atomic E-state index is 6.22. The first-order valence-corrected chi connectivity index (χ1v) is 20.1. The van der Waals surface area contributed by atoms with E-state index in [4.69, 9.17) is 19.7 Å². The first kappa shape index (κ1) is 34.5. The van der Waals surface area contributed by atoms with Crippen LogP contribution in [0.3, 0.4) is 0 Å². The molecule has 0 N–H and O–H groups in total. The van der Waals surface area contributed by atoms with Crippen LogP contribution in [0.2, 0.25) is 0 Å². The summed E-state index contributed by atoms with van der Waals surface area (Å²) in [6, 6.07) is 70.7. The quantitative estimate of drug-likeness (QED) is 0.170. The second kappa shape index (κ2) is 14.7. The largest absolute Gasteiger partial charge is 0.491 e. The van der Waals surface area contributed by atoms with Crippen molar-refractivity contribution in [3.8, 4) is 61.8 Å². The van der Waals surface area contributed by atoms with Crippen LogP contribution in [0.25, 0.3) is 88.5 Å². The SMILES string of the molecule is c1ccc(-c2nc(-c3ccc(-c4c(-c5ccc(-c6ccc7c(c6)N=C(c6cccc8ccccc68)CCO7)cc5)ccc5ccccc45)cc3)c3ccccc3n2)cc1. The number of benzene rings is 9. The Hall–Kier alpha value is -7.69. The van der Waals surface area contributed by atoms with Crippen molar-refractivity contribution in [3.05, 3.63) is 206 Å². The van der Waals surface area contributed by atoms with E-state index in [1.807, 2.05) is 24.3 Å². The predicted molar refractivity (Wildman–Crippen MR) is 244 cm³/mol. The third-order valence-electron chi connectivity index (χ3n) is 11.5. The van der Waals surface area contributed by atoms with Crippen LogP contribution in [0.1, 0.15) is 12.0 Å². The Bertz CT molecular complexity index is 3220. The lowest BCUT2D eigenvalue weighted by atomic mass is 9.88. The molecule has 2 heterocycles. The molecule has 4 nitrogen and oxygen atoms in total. The van der Waals surface area contributed by atoms with Gasteiger partial charge in [0, 0.05) is 28.5 Å². The van der Waals surface area contributed by atoms with Crippen molar-refractivity contribution in [2.45, 2.75) is 6.42 Å². The van der Waals surface area contributed by atoms with Gasteiger partial charge >= 0.3 is 0 Å². The molecule has 1 aliphatic rings. The maximum Gasteiger partial charge on any atom is 0.160 e. The molecule has 10 aromatic rings. The van der Waals surface area contributed by atoms with Gasteiger partial charge in [-0.05, 0) is 73.1 Å². The molecule has 0 bridgehead atoms. The van der Waals surface area contributed by atoms with Crippen molar-refractivity contribution in [2.24, 2.45) is 4.99 Å². The van der Waals surface area contributed by atoms with E-state index in [1.54, 1.807) is 0 Å². The molecule has 0 saturated carbocycles. The fraction of sp³-hybridized carbons (Fsp3) is 0.0364. The molecule has 9 aromatic carbocycles. The van der Waals surface area contributed by atoms with E-state index in [0.717, 1.165) is 84.9 Å². The van der Waals surface area contributed by atoms with Gasteiger partial charge in [-0.25, -0.2) is 15.0 Å². The lowest BCUT2D eigenvalue weighted by molar-refractivity contribution is 0.333. The monoisotopic (exact) mass is 755 g/mol. The molecule has 0 spiro atoms. The van der Waals surface area contributed by atoms with E-state index in [1.165, 1.54) is 32.7 Å². The van der Waals surface area contributed by atoms with Gasteiger partial charge in [-0.2, -0.15) is 0 Å². The molecule has 1 aromatic heterocycles. The fourth-order valence-corrected chi connectivity index (χ4v) is 8.51. The first-order chi connectivity index (χ1) is 29.2. The number of hydrogen-bond acceptors (Lipinski definition) is 4. The van der Waals surface area contributed by atoms with E-state index < -0.39 is 0 Å². The van der Waals surface area contributed by atoms with Gasteiger partial charge in [0.15, 0.2) is 5.82 Å². The highest BCUT2D eigenvalue weighted by atomic mass is 16.5. The van der Waals surface area contributed by atoms with Crippen molar-refractivity contribution in [1.82, 2.24) is 9.97 Å². The number of hydrogen-bond donors (Lipinski definition) is 0. The number of rotatable bonds is 6. The summed E-state index contributed by atoms with van der Waals surface area (Å²) in [5.41, 5.74) is 13.9. The van der Waals surface area contributed by atoms with Gasteiger partial charge in [-0.15, -0.1) is 0 Å². The van der Waals surface area contributed by atoms with E-state index in [9.17, 15) is 0 Å². The van der Waals surface area contributed by atoms with E-state index in [-0.39, 0.29) is 0 Å². The fourth-order valence-electron chi connectivity index (χ4n) is 8.51. The molecular formula is C55H37N3O. The highest BCUT2D eigenvalue weighted by Crippen LogP contribution is 2.41. The van der Waals surface area contributed by atoms with Crippen LogP contribution < -0.4 is 4.74 Å². The minimum atomic E-state index is 0.590. The zero-order valence-electron chi connectivity index (χ0n) is 32.2. The number of fused-ring (bicyclic) bond motifs is 4. The Balaban J connectivity index is 0.956. The summed E-state index contributed by atoms with van der Waals surface area (Å²) >= 11 is 0. The maximum atomic E-state index is 6.22. The summed E-state index contributed by atoms with van der Waals surface area (Å²) in [6.07, 6.45) is 0.746. The molecule has 0 amide bonds. The standard InChI is InChI=1S/C55H37N3O/c1-2-13-42(14-3-1)55-57-49-20-9-8-18-48(49)54(58-55)41-27-25-40(26-28-41)53-45-17-7-5-12-38(45)29-31-46(53)39-23-21-36(22-24-39)43-30-32-52-51(35-43)56-50(33-34-59-52)47-19-10-15-37-11-4-6-16-44(37)47/h1-32,35H,33-34H2. The van der Waals surface area contributed by atoms with E-state index >= 15 is 0 Å². The Labute approximate surface area is 342 Å². The van der Waals surface area contributed by atoms with Gasteiger partial charge in [-0.1, -0.05) is 182 Å². The summed E-state index contributed by atoms with van der Waals surface area (Å²) in [5.74, 6) is 1.54. The van der Waals surface area contributed by atoms with Crippen LogP contribution in [-0.4, -0.2) is 22.3 Å². The second-order valence-electron chi connectivity index (χ2n) is 15.0.